The fraction of sp³-hybridized carbons (Fsp3) is 1.00. The van der Waals surface area contributed by atoms with Crippen molar-refractivity contribution in [2.24, 2.45) is 11.1 Å². The molecule has 0 aromatic carbocycles. The first-order valence-electron chi connectivity index (χ1n) is 3.81. The van der Waals surface area contributed by atoms with Gasteiger partial charge in [0.2, 0.25) is 0 Å². The Bertz CT molecular complexity index is 87.3. The summed E-state index contributed by atoms with van der Waals surface area (Å²) < 4.78 is 5.23. The van der Waals surface area contributed by atoms with Gasteiger partial charge in [0.1, 0.15) is 0 Å². The van der Waals surface area contributed by atoms with Gasteiger partial charge in [-0.2, -0.15) is 0 Å². The summed E-state index contributed by atoms with van der Waals surface area (Å²) in [6.45, 7) is 7.11. The van der Waals surface area contributed by atoms with Crippen molar-refractivity contribution >= 4 is 0 Å². The van der Waals surface area contributed by atoms with Crippen molar-refractivity contribution in [3.63, 3.8) is 0 Å². The first kappa shape index (κ1) is 9.92. The van der Waals surface area contributed by atoms with Crippen LogP contribution in [0.4, 0.5) is 0 Å². The molecule has 0 rings (SSSR count). The van der Waals surface area contributed by atoms with Crippen LogP contribution in [0.1, 0.15) is 27.2 Å². The molecule has 0 aliphatic rings. The van der Waals surface area contributed by atoms with Gasteiger partial charge in [0, 0.05) is 13.7 Å². The Morgan fingerprint density at radius 3 is 2.10 bits per heavy atom. The third-order valence-corrected chi connectivity index (χ3v) is 2.28. The molecular weight excluding hydrogens is 126 g/mol. The van der Waals surface area contributed by atoms with E-state index >= 15 is 0 Å². The average Bonchev–Trinajstić information content (AvgIpc) is 1.90. The van der Waals surface area contributed by atoms with Crippen LogP contribution in [0.2, 0.25) is 0 Å². The molecule has 0 aromatic heterocycles. The standard InChI is InChI=1S/C8H19NO/c1-5-8(2,3)7(6-9)10-4/h7H,5-6,9H2,1-4H3. The number of nitrogens with two attached hydrogens (primary N) is 1. The third-order valence-electron chi connectivity index (χ3n) is 2.28. The second-order valence-corrected chi connectivity index (χ2v) is 3.30. The zero-order chi connectivity index (χ0) is 8.20. The van der Waals surface area contributed by atoms with Gasteiger partial charge in [0.15, 0.2) is 0 Å². The highest BCUT2D eigenvalue weighted by Gasteiger charge is 2.25. The highest BCUT2D eigenvalue weighted by atomic mass is 16.5. The lowest BCUT2D eigenvalue weighted by Gasteiger charge is -2.31. The van der Waals surface area contributed by atoms with E-state index in [2.05, 4.69) is 20.8 Å². The number of methoxy groups -OCH3 is 1. The van der Waals surface area contributed by atoms with Crippen LogP contribution in [0.3, 0.4) is 0 Å². The van der Waals surface area contributed by atoms with Gasteiger partial charge in [-0.05, 0) is 11.8 Å². The van der Waals surface area contributed by atoms with Gasteiger partial charge in [0.25, 0.3) is 0 Å². The SMILES string of the molecule is CCC(C)(C)C(CN)OC. The Balaban J connectivity index is 3.97. The van der Waals surface area contributed by atoms with E-state index in [9.17, 15) is 0 Å². The zero-order valence-electron chi connectivity index (χ0n) is 7.48. The van der Waals surface area contributed by atoms with E-state index in [1.807, 2.05) is 0 Å². The molecule has 62 valence electrons. The van der Waals surface area contributed by atoms with E-state index in [0.717, 1.165) is 6.42 Å². The van der Waals surface area contributed by atoms with Gasteiger partial charge in [-0.3, -0.25) is 0 Å². The summed E-state index contributed by atoms with van der Waals surface area (Å²) in [4.78, 5) is 0. The molecule has 0 aliphatic heterocycles. The number of rotatable bonds is 4. The quantitative estimate of drug-likeness (QED) is 0.649. The smallest absolute Gasteiger partial charge is 0.0744 e. The van der Waals surface area contributed by atoms with Crippen molar-refractivity contribution in [1.82, 2.24) is 0 Å². The molecule has 0 spiro atoms. The molecule has 0 heterocycles. The minimum absolute atomic E-state index is 0.192. The minimum Gasteiger partial charge on any atom is -0.380 e. The molecule has 0 saturated carbocycles. The molecular formula is C8H19NO. The van der Waals surface area contributed by atoms with Gasteiger partial charge in [-0.15, -0.1) is 0 Å². The van der Waals surface area contributed by atoms with Crippen LogP contribution in [0.25, 0.3) is 0 Å². The van der Waals surface area contributed by atoms with Crippen molar-refractivity contribution in [3.8, 4) is 0 Å². The predicted molar refractivity (Wildman–Crippen MR) is 43.9 cm³/mol. The summed E-state index contributed by atoms with van der Waals surface area (Å²) in [6.07, 6.45) is 1.29. The molecule has 2 heteroatoms. The van der Waals surface area contributed by atoms with E-state index in [4.69, 9.17) is 10.5 Å². The molecule has 1 unspecified atom stereocenters. The summed E-state index contributed by atoms with van der Waals surface area (Å²) in [5.41, 5.74) is 5.73. The van der Waals surface area contributed by atoms with Gasteiger partial charge >= 0.3 is 0 Å². The van der Waals surface area contributed by atoms with Crippen molar-refractivity contribution < 1.29 is 4.74 Å². The molecule has 0 amide bonds. The van der Waals surface area contributed by atoms with Crippen molar-refractivity contribution in [3.05, 3.63) is 0 Å². The second kappa shape index (κ2) is 3.94. The molecule has 0 bridgehead atoms. The van der Waals surface area contributed by atoms with Gasteiger partial charge in [-0.25, -0.2) is 0 Å². The van der Waals surface area contributed by atoms with Crippen LogP contribution in [-0.2, 0) is 4.74 Å². The molecule has 2 N–H and O–H groups in total. The van der Waals surface area contributed by atoms with Crippen molar-refractivity contribution in [2.45, 2.75) is 33.3 Å². The Morgan fingerprint density at radius 2 is 2.00 bits per heavy atom. The third kappa shape index (κ3) is 2.27. The van der Waals surface area contributed by atoms with Crippen LogP contribution in [0.5, 0.6) is 0 Å². The maximum absolute atomic E-state index is 5.52. The van der Waals surface area contributed by atoms with Crippen LogP contribution in [0, 0.1) is 5.41 Å². The highest BCUT2D eigenvalue weighted by molar-refractivity contribution is 4.77. The maximum Gasteiger partial charge on any atom is 0.0744 e. The fourth-order valence-electron chi connectivity index (χ4n) is 0.962. The lowest BCUT2D eigenvalue weighted by molar-refractivity contribution is 0.0117. The first-order chi connectivity index (χ1) is 4.58. The molecule has 0 fully saturated rings. The van der Waals surface area contributed by atoms with Crippen molar-refractivity contribution in [1.29, 1.82) is 0 Å². The van der Waals surface area contributed by atoms with E-state index in [1.54, 1.807) is 7.11 Å². The largest absolute Gasteiger partial charge is 0.380 e. The number of hydrogen-bond donors (Lipinski definition) is 1. The van der Waals surface area contributed by atoms with Crippen LogP contribution < -0.4 is 5.73 Å². The number of hydrogen-bond acceptors (Lipinski definition) is 2. The highest BCUT2D eigenvalue weighted by Crippen LogP contribution is 2.25. The maximum atomic E-state index is 5.52. The van der Waals surface area contributed by atoms with Crippen LogP contribution in [-0.4, -0.2) is 19.8 Å². The molecule has 1 atom stereocenters. The minimum atomic E-state index is 0.192. The zero-order valence-corrected chi connectivity index (χ0v) is 7.48. The van der Waals surface area contributed by atoms with Crippen LogP contribution >= 0.6 is 0 Å². The summed E-state index contributed by atoms with van der Waals surface area (Å²) in [7, 11) is 1.72. The topological polar surface area (TPSA) is 35.2 Å². The molecule has 0 aromatic rings. The molecule has 2 nitrogen and oxygen atoms in total. The van der Waals surface area contributed by atoms with Gasteiger partial charge < -0.3 is 10.5 Å². The average molecular weight is 145 g/mol. The summed E-state index contributed by atoms with van der Waals surface area (Å²) >= 11 is 0. The summed E-state index contributed by atoms with van der Waals surface area (Å²) in [6, 6.07) is 0. The Kier molecular flexibility index (Phi) is 3.91. The first-order valence-corrected chi connectivity index (χ1v) is 3.81. The van der Waals surface area contributed by atoms with E-state index in [1.165, 1.54) is 0 Å². The van der Waals surface area contributed by atoms with Crippen LogP contribution in [0.15, 0.2) is 0 Å². The van der Waals surface area contributed by atoms with E-state index < -0.39 is 0 Å². The van der Waals surface area contributed by atoms with Gasteiger partial charge in [-0.1, -0.05) is 20.8 Å². The Morgan fingerprint density at radius 1 is 1.50 bits per heavy atom. The van der Waals surface area contributed by atoms with Crippen molar-refractivity contribution in [2.75, 3.05) is 13.7 Å². The predicted octanol–water partition coefficient (Wildman–Crippen LogP) is 1.40. The fourth-order valence-corrected chi connectivity index (χ4v) is 0.962. The lowest BCUT2D eigenvalue weighted by atomic mass is 9.84. The molecule has 10 heavy (non-hydrogen) atoms. The second-order valence-electron chi connectivity index (χ2n) is 3.30. The Labute approximate surface area is 63.7 Å². The lowest BCUT2D eigenvalue weighted by Crippen LogP contribution is -2.36. The van der Waals surface area contributed by atoms with Gasteiger partial charge in [0.05, 0.1) is 6.10 Å². The monoisotopic (exact) mass is 145 g/mol. The van der Waals surface area contributed by atoms with E-state index in [-0.39, 0.29) is 11.5 Å². The molecule has 0 saturated heterocycles. The molecule has 0 radical (unpaired) electrons. The normalized spacial score (nSPS) is 15.3. The summed E-state index contributed by atoms with van der Waals surface area (Å²) in [5, 5.41) is 0. The molecule has 0 aliphatic carbocycles. The Hall–Kier alpha value is -0.0800. The summed E-state index contributed by atoms with van der Waals surface area (Å²) in [5.74, 6) is 0. The number of ether oxygens (including phenoxy) is 1. The van der Waals surface area contributed by atoms with E-state index in [0.29, 0.717) is 6.54 Å².